The van der Waals surface area contributed by atoms with E-state index < -0.39 is 0 Å². The molecule has 0 radical (unpaired) electrons. The van der Waals surface area contributed by atoms with Crippen molar-refractivity contribution in [1.29, 1.82) is 0 Å². The minimum absolute atomic E-state index is 0.0292. The summed E-state index contributed by atoms with van der Waals surface area (Å²) >= 11 is 1.58. The molecule has 6 heteroatoms. The normalized spacial score (nSPS) is 12.5. The fraction of sp³-hybridized carbons (Fsp3) is 0.200. The number of rotatable bonds is 4. The molecule has 0 saturated carbocycles. The highest BCUT2D eigenvalue weighted by Crippen LogP contribution is 2.31. The lowest BCUT2D eigenvalue weighted by Crippen LogP contribution is -2.16. The number of nitrogens with zero attached hydrogens (tertiary/aromatic N) is 2. The summed E-state index contributed by atoms with van der Waals surface area (Å²) in [5, 5.41) is 13.9. The third-order valence-electron chi connectivity index (χ3n) is 3.23. The molecule has 1 aromatic carbocycles. The summed E-state index contributed by atoms with van der Waals surface area (Å²) in [6.45, 7) is 1.99. The molecule has 2 heterocycles. The number of thiophene rings is 1. The zero-order chi connectivity index (χ0) is 14.8. The van der Waals surface area contributed by atoms with Gasteiger partial charge in [0.15, 0.2) is 0 Å². The second-order valence-corrected chi connectivity index (χ2v) is 6.03. The molecule has 0 spiro atoms. The maximum Gasteiger partial charge on any atom is 0.223 e. The lowest BCUT2D eigenvalue weighted by Gasteiger charge is -2.18. The molecule has 0 aliphatic carbocycles. The van der Waals surface area contributed by atoms with Gasteiger partial charge in [-0.3, -0.25) is 0 Å². The lowest BCUT2D eigenvalue weighted by molar-refractivity contribution is 0.276. The van der Waals surface area contributed by atoms with Gasteiger partial charge in [0, 0.05) is 4.88 Å². The van der Waals surface area contributed by atoms with Crippen LogP contribution < -0.4 is 11.1 Å². The first kappa shape index (κ1) is 13.8. The third kappa shape index (κ3) is 2.81. The summed E-state index contributed by atoms with van der Waals surface area (Å²) in [7, 11) is 0. The van der Waals surface area contributed by atoms with Gasteiger partial charge in [0.2, 0.25) is 5.95 Å². The Kier molecular flexibility index (Phi) is 3.72. The van der Waals surface area contributed by atoms with E-state index in [1.165, 1.54) is 0 Å². The fourth-order valence-electron chi connectivity index (χ4n) is 2.25. The quantitative estimate of drug-likeness (QED) is 0.690. The molecular formula is C15H16N4OS. The Morgan fingerprint density at radius 2 is 2.05 bits per heavy atom. The van der Waals surface area contributed by atoms with Crippen molar-refractivity contribution in [3.63, 3.8) is 0 Å². The first-order chi connectivity index (χ1) is 10.2. The van der Waals surface area contributed by atoms with Crippen LogP contribution in [0.4, 0.5) is 11.8 Å². The molecule has 3 aromatic rings. The smallest absolute Gasteiger partial charge is 0.223 e. The maximum absolute atomic E-state index is 9.65. The first-order valence-electron chi connectivity index (χ1n) is 6.63. The summed E-state index contributed by atoms with van der Waals surface area (Å²) in [5.41, 5.74) is 6.77. The number of aromatic nitrogens is 2. The van der Waals surface area contributed by atoms with Crippen LogP contribution in [0.1, 0.15) is 16.5 Å². The standard InChI is InChI=1S/C15H16N4OS/c1-9-7-11-13(18-15(16)19-14(11)21-9)17-12(8-20)10-5-3-2-4-6-10/h2-7,12,20H,8H2,1H3,(H3,16,17,18,19). The van der Waals surface area contributed by atoms with Gasteiger partial charge in [-0.2, -0.15) is 4.98 Å². The van der Waals surface area contributed by atoms with Gasteiger partial charge in [0.05, 0.1) is 18.0 Å². The number of aryl methyl sites for hydroxylation is 1. The molecule has 0 bridgehead atoms. The number of benzene rings is 1. The predicted molar refractivity (Wildman–Crippen MR) is 86.5 cm³/mol. The average molecular weight is 300 g/mol. The van der Waals surface area contributed by atoms with Crippen LogP contribution in [0, 0.1) is 6.92 Å². The SMILES string of the molecule is Cc1cc2c(NC(CO)c3ccccc3)nc(N)nc2s1. The number of fused-ring (bicyclic) bond motifs is 1. The van der Waals surface area contributed by atoms with Crippen molar-refractivity contribution in [2.75, 3.05) is 17.7 Å². The fourth-order valence-corrected chi connectivity index (χ4v) is 3.14. The highest BCUT2D eigenvalue weighted by molar-refractivity contribution is 7.18. The average Bonchev–Trinajstić information content (AvgIpc) is 2.85. The summed E-state index contributed by atoms with van der Waals surface area (Å²) in [6.07, 6.45) is 0. The van der Waals surface area contributed by atoms with E-state index in [9.17, 15) is 5.11 Å². The summed E-state index contributed by atoms with van der Waals surface area (Å²) in [4.78, 5) is 10.5. The number of aliphatic hydroxyl groups excluding tert-OH is 1. The van der Waals surface area contributed by atoms with E-state index in [-0.39, 0.29) is 18.6 Å². The molecular weight excluding hydrogens is 284 g/mol. The van der Waals surface area contributed by atoms with E-state index >= 15 is 0 Å². The number of nitrogens with one attached hydrogen (secondary N) is 1. The van der Waals surface area contributed by atoms with Crippen LogP contribution >= 0.6 is 11.3 Å². The van der Waals surface area contributed by atoms with Gasteiger partial charge >= 0.3 is 0 Å². The van der Waals surface area contributed by atoms with Crippen molar-refractivity contribution >= 4 is 33.3 Å². The monoisotopic (exact) mass is 300 g/mol. The van der Waals surface area contributed by atoms with Crippen LogP contribution in [0.2, 0.25) is 0 Å². The van der Waals surface area contributed by atoms with Gasteiger partial charge in [0.1, 0.15) is 10.6 Å². The van der Waals surface area contributed by atoms with E-state index in [0.717, 1.165) is 20.7 Å². The van der Waals surface area contributed by atoms with Gasteiger partial charge < -0.3 is 16.2 Å². The van der Waals surface area contributed by atoms with Crippen molar-refractivity contribution in [1.82, 2.24) is 9.97 Å². The summed E-state index contributed by atoms with van der Waals surface area (Å²) < 4.78 is 0. The maximum atomic E-state index is 9.65. The molecule has 1 unspecified atom stereocenters. The summed E-state index contributed by atoms with van der Waals surface area (Å²) in [6, 6.07) is 11.6. The van der Waals surface area contributed by atoms with Gasteiger partial charge in [-0.1, -0.05) is 30.3 Å². The molecule has 0 saturated heterocycles. The lowest BCUT2D eigenvalue weighted by atomic mass is 10.1. The number of hydrogen-bond donors (Lipinski definition) is 3. The van der Waals surface area contributed by atoms with Crippen LogP contribution in [0.15, 0.2) is 36.4 Å². The number of nitrogen functional groups attached to an aromatic ring is 1. The predicted octanol–water partition coefficient (Wildman–Crippen LogP) is 2.73. The highest BCUT2D eigenvalue weighted by Gasteiger charge is 2.15. The van der Waals surface area contributed by atoms with Crippen molar-refractivity contribution in [3.05, 3.63) is 46.8 Å². The molecule has 4 N–H and O–H groups in total. The number of hydrogen-bond acceptors (Lipinski definition) is 6. The molecule has 0 fully saturated rings. The van der Waals surface area contributed by atoms with E-state index in [2.05, 4.69) is 15.3 Å². The second-order valence-electron chi connectivity index (χ2n) is 4.80. The molecule has 1 atom stereocenters. The van der Waals surface area contributed by atoms with Crippen LogP contribution in [0.3, 0.4) is 0 Å². The molecule has 0 aliphatic heterocycles. The van der Waals surface area contributed by atoms with E-state index in [0.29, 0.717) is 5.82 Å². The van der Waals surface area contributed by atoms with Crippen molar-refractivity contribution in [3.8, 4) is 0 Å². The van der Waals surface area contributed by atoms with Gasteiger partial charge in [-0.15, -0.1) is 11.3 Å². The van der Waals surface area contributed by atoms with Gasteiger partial charge in [-0.05, 0) is 18.6 Å². The Morgan fingerprint density at radius 3 is 2.76 bits per heavy atom. The zero-order valence-electron chi connectivity index (χ0n) is 11.6. The van der Waals surface area contributed by atoms with Crippen molar-refractivity contribution < 1.29 is 5.11 Å². The molecule has 108 valence electrons. The Morgan fingerprint density at radius 1 is 1.29 bits per heavy atom. The zero-order valence-corrected chi connectivity index (χ0v) is 12.4. The molecule has 3 rings (SSSR count). The van der Waals surface area contributed by atoms with Crippen molar-refractivity contribution in [2.24, 2.45) is 0 Å². The number of anilines is 2. The summed E-state index contributed by atoms with van der Waals surface area (Å²) in [5.74, 6) is 0.890. The molecule has 2 aromatic heterocycles. The Labute approximate surface area is 126 Å². The van der Waals surface area contributed by atoms with Gasteiger partial charge in [0.25, 0.3) is 0 Å². The molecule has 0 amide bonds. The van der Waals surface area contributed by atoms with Crippen LogP contribution in [-0.4, -0.2) is 21.7 Å². The van der Waals surface area contributed by atoms with Crippen LogP contribution in [-0.2, 0) is 0 Å². The Balaban J connectivity index is 2.00. The van der Waals surface area contributed by atoms with Crippen molar-refractivity contribution in [2.45, 2.75) is 13.0 Å². The van der Waals surface area contributed by atoms with E-state index in [4.69, 9.17) is 5.73 Å². The van der Waals surface area contributed by atoms with Crippen LogP contribution in [0.5, 0.6) is 0 Å². The second kappa shape index (κ2) is 5.67. The highest BCUT2D eigenvalue weighted by atomic mass is 32.1. The largest absolute Gasteiger partial charge is 0.394 e. The Hall–Kier alpha value is -2.18. The molecule has 5 nitrogen and oxygen atoms in total. The third-order valence-corrected chi connectivity index (χ3v) is 4.17. The minimum atomic E-state index is -0.232. The topological polar surface area (TPSA) is 84.1 Å². The minimum Gasteiger partial charge on any atom is -0.394 e. The first-order valence-corrected chi connectivity index (χ1v) is 7.45. The van der Waals surface area contributed by atoms with E-state index in [1.54, 1.807) is 11.3 Å². The molecule has 0 aliphatic rings. The number of aliphatic hydroxyl groups is 1. The van der Waals surface area contributed by atoms with Gasteiger partial charge in [-0.25, -0.2) is 4.98 Å². The number of nitrogens with two attached hydrogens (primary N) is 1. The Bertz CT molecular complexity index is 757. The molecule has 21 heavy (non-hydrogen) atoms. The van der Waals surface area contributed by atoms with Crippen LogP contribution in [0.25, 0.3) is 10.2 Å². The van der Waals surface area contributed by atoms with E-state index in [1.807, 2.05) is 43.3 Å².